The molecule has 0 atom stereocenters. The van der Waals surface area contributed by atoms with Gasteiger partial charge in [-0.25, -0.2) is 13.8 Å². The number of rotatable bonds is 3. The summed E-state index contributed by atoms with van der Waals surface area (Å²) in [5.41, 5.74) is 4.56. The number of hydrogen-bond donors (Lipinski definition) is 1. The molecule has 0 radical (unpaired) electrons. The summed E-state index contributed by atoms with van der Waals surface area (Å²) in [5.74, 6) is 0. The van der Waals surface area contributed by atoms with Gasteiger partial charge in [0.1, 0.15) is 5.65 Å². The third-order valence-electron chi connectivity index (χ3n) is 3.74. The minimum absolute atomic E-state index is 0.337. The average Bonchev–Trinajstić information content (AvgIpc) is 2.97. The molecule has 0 amide bonds. The molecular weight excluding hydrogens is 298 g/mol. The summed E-state index contributed by atoms with van der Waals surface area (Å²) in [6, 6.07) is 9.30. The van der Waals surface area contributed by atoms with E-state index in [4.69, 9.17) is 0 Å². The molecule has 23 heavy (non-hydrogen) atoms. The third kappa shape index (κ3) is 2.52. The van der Waals surface area contributed by atoms with Gasteiger partial charge in [-0.2, -0.15) is 0 Å². The summed E-state index contributed by atoms with van der Waals surface area (Å²) in [7, 11) is 0. The summed E-state index contributed by atoms with van der Waals surface area (Å²) in [6.45, 7) is 0. The maximum atomic E-state index is 12.5. The van der Waals surface area contributed by atoms with E-state index in [1.165, 1.54) is 0 Å². The van der Waals surface area contributed by atoms with E-state index in [1.54, 1.807) is 18.5 Å². The molecule has 0 saturated heterocycles. The molecule has 3 heterocycles. The average molecular weight is 310 g/mol. The molecule has 114 valence electrons. The van der Waals surface area contributed by atoms with E-state index >= 15 is 0 Å². The number of H-pyrrole nitrogens is 1. The van der Waals surface area contributed by atoms with Crippen LogP contribution in [0.3, 0.4) is 0 Å². The van der Waals surface area contributed by atoms with Crippen molar-refractivity contribution in [3.8, 4) is 11.1 Å². The molecule has 6 heteroatoms. The molecular formula is C17H12F2N4. The highest BCUT2D eigenvalue weighted by atomic mass is 19.3. The van der Waals surface area contributed by atoms with Gasteiger partial charge in [0, 0.05) is 35.2 Å². The zero-order valence-electron chi connectivity index (χ0n) is 12.0. The van der Waals surface area contributed by atoms with E-state index in [2.05, 4.69) is 19.9 Å². The van der Waals surface area contributed by atoms with Gasteiger partial charge in [-0.1, -0.05) is 6.07 Å². The number of alkyl halides is 2. The maximum absolute atomic E-state index is 12.5. The van der Waals surface area contributed by atoms with Crippen LogP contribution in [0.15, 0.2) is 48.9 Å². The maximum Gasteiger partial charge on any atom is 0.244 e. The Morgan fingerprint density at radius 1 is 1.00 bits per heavy atom. The molecule has 0 aliphatic heterocycles. The van der Waals surface area contributed by atoms with Gasteiger partial charge in [-0.05, 0) is 29.8 Å². The normalized spacial score (nSPS) is 11.6. The van der Waals surface area contributed by atoms with E-state index in [0.29, 0.717) is 11.3 Å². The first-order valence-electron chi connectivity index (χ1n) is 7.17. The summed E-state index contributed by atoms with van der Waals surface area (Å²) in [4.78, 5) is 15.9. The molecule has 0 spiro atoms. The Hall–Kier alpha value is -2.89. The fourth-order valence-corrected chi connectivity index (χ4v) is 2.69. The number of hydrogen-bond acceptors (Lipinski definition) is 3. The third-order valence-corrected chi connectivity index (χ3v) is 3.74. The number of fused-ring (bicyclic) bond motifs is 2. The Labute approximate surface area is 130 Å². The zero-order chi connectivity index (χ0) is 15.8. The molecule has 4 nitrogen and oxygen atoms in total. The molecule has 4 rings (SSSR count). The van der Waals surface area contributed by atoms with Gasteiger partial charge in [-0.3, -0.25) is 9.97 Å². The van der Waals surface area contributed by atoms with Gasteiger partial charge in [0.15, 0.2) is 0 Å². The Morgan fingerprint density at radius 2 is 1.83 bits per heavy atom. The molecule has 0 saturated carbocycles. The van der Waals surface area contributed by atoms with Crippen molar-refractivity contribution in [1.82, 2.24) is 19.9 Å². The number of aromatic nitrogens is 4. The van der Waals surface area contributed by atoms with Crippen LogP contribution in [0, 0.1) is 0 Å². The standard InChI is InChI=1S/C17H12F2N4/c18-16(19)8-11-2-3-12-13(9-22-17(12)23-11)10-1-4-14-15(7-10)21-6-5-20-14/h1-7,9,16H,8H2,(H,22,23). The van der Waals surface area contributed by atoms with E-state index < -0.39 is 6.43 Å². The second-order valence-electron chi connectivity index (χ2n) is 5.26. The summed E-state index contributed by atoms with van der Waals surface area (Å²) < 4.78 is 25.0. The monoisotopic (exact) mass is 310 g/mol. The van der Waals surface area contributed by atoms with Crippen LogP contribution in [0.5, 0.6) is 0 Å². The lowest BCUT2D eigenvalue weighted by Gasteiger charge is -2.03. The number of nitrogens with zero attached hydrogens (tertiary/aromatic N) is 3. The Bertz CT molecular complexity index is 994. The van der Waals surface area contributed by atoms with Crippen LogP contribution in [0.25, 0.3) is 33.2 Å². The van der Waals surface area contributed by atoms with Gasteiger partial charge < -0.3 is 4.98 Å². The fourth-order valence-electron chi connectivity index (χ4n) is 2.69. The predicted octanol–water partition coefficient (Wildman–Crippen LogP) is 3.98. The number of halogens is 2. The van der Waals surface area contributed by atoms with Crippen LogP contribution >= 0.6 is 0 Å². The summed E-state index contributed by atoms with van der Waals surface area (Å²) in [5, 5.41) is 0.895. The lowest BCUT2D eigenvalue weighted by molar-refractivity contribution is 0.148. The quantitative estimate of drug-likeness (QED) is 0.622. The van der Waals surface area contributed by atoms with Gasteiger partial charge in [0.2, 0.25) is 6.43 Å². The molecule has 0 aliphatic carbocycles. The van der Waals surface area contributed by atoms with Crippen LogP contribution in [0.2, 0.25) is 0 Å². The van der Waals surface area contributed by atoms with Crippen molar-refractivity contribution >= 4 is 22.1 Å². The number of nitrogens with one attached hydrogen (secondary N) is 1. The predicted molar refractivity (Wildman–Crippen MR) is 84.3 cm³/mol. The van der Waals surface area contributed by atoms with Crippen molar-refractivity contribution < 1.29 is 8.78 Å². The first-order valence-corrected chi connectivity index (χ1v) is 7.17. The Balaban J connectivity index is 1.81. The molecule has 0 unspecified atom stereocenters. The highest BCUT2D eigenvalue weighted by Gasteiger charge is 2.11. The molecule has 1 aromatic carbocycles. The van der Waals surface area contributed by atoms with Crippen LogP contribution in [-0.4, -0.2) is 26.4 Å². The lowest BCUT2D eigenvalue weighted by Crippen LogP contribution is -1.99. The van der Waals surface area contributed by atoms with Crippen molar-refractivity contribution in [2.45, 2.75) is 12.8 Å². The molecule has 0 fully saturated rings. The molecule has 0 aliphatic rings. The number of benzene rings is 1. The number of pyridine rings is 1. The van der Waals surface area contributed by atoms with Gasteiger partial charge in [0.05, 0.1) is 17.5 Å². The second kappa shape index (κ2) is 5.39. The SMILES string of the molecule is FC(F)Cc1ccc2c(-c3ccc4nccnc4c3)c[nH]c2n1. The van der Waals surface area contributed by atoms with Crippen LogP contribution < -0.4 is 0 Å². The van der Waals surface area contributed by atoms with E-state index in [9.17, 15) is 8.78 Å². The zero-order valence-corrected chi connectivity index (χ0v) is 12.0. The van der Waals surface area contributed by atoms with Crippen molar-refractivity contribution in [2.24, 2.45) is 0 Å². The van der Waals surface area contributed by atoms with Crippen LogP contribution in [-0.2, 0) is 6.42 Å². The van der Waals surface area contributed by atoms with Gasteiger partial charge >= 0.3 is 0 Å². The first-order chi connectivity index (χ1) is 11.2. The first kappa shape index (κ1) is 13.8. The molecule has 4 aromatic rings. The molecule has 1 N–H and O–H groups in total. The highest BCUT2D eigenvalue weighted by molar-refractivity contribution is 5.95. The lowest BCUT2D eigenvalue weighted by atomic mass is 10.0. The Kier molecular flexibility index (Phi) is 3.22. The second-order valence-corrected chi connectivity index (χ2v) is 5.26. The Morgan fingerprint density at radius 3 is 2.65 bits per heavy atom. The van der Waals surface area contributed by atoms with Crippen LogP contribution in [0.1, 0.15) is 5.69 Å². The summed E-state index contributed by atoms with van der Waals surface area (Å²) in [6.07, 6.45) is 2.41. The van der Waals surface area contributed by atoms with Crippen molar-refractivity contribution in [2.75, 3.05) is 0 Å². The van der Waals surface area contributed by atoms with Gasteiger partial charge in [-0.15, -0.1) is 0 Å². The molecule has 3 aromatic heterocycles. The van der Waals surface area contributed by atoms with Crippen molar-refractivity contribution in [3.63, 3.8) is 0 Å². The van der Waals surface area contributed by atoms with Crippen molar-refractivity contribution in [3.05, 3.63) is 54.6 Å². The van der Waals surface area contributed by atoms with Crippen molar-refractivity contribution in [1.29, 1.82) is 0 Å². The molecule has 0 bridgehead atoms. The van der Waals surface area contributed by atoms with E-state index in [0.717, 1.165) is 27.5 Å². The summed E-state index contributed by atoms with van der Waals surface area (Å²) >= 11 is 0. The topological polar surface area (TPSA) is 54.5 Å². The van der Waals surface area contributed by atoms with E-state index in [1.807, 2.05) is 30.5 Å². The smallest absolute Gasteiger partial charge is 0.244 e. The van der Waals surface area contributed by atoms with E-state index in [-0.39, 0.29) is 6.42 Å². The van der Waals surface area contributed by atoms with Gasteiger partial charge in [0.25, 0.3) is 0 Å². The number of aromatic amines is 1. The highest BCUT2D eigenvalue weighted by Crippen LogP contribution is 2.29. The minimum Gasteiger partial charge on any atom is -0.346 e. The fraction of sp³-hybridized carbons (Fsp3) is 0.118. The minimum atomic E-state index is -2.39. The largest absolute Gasteiger partial charge is 0.346 e. The van der Waals surface area contributed by atoms with Crippen LogP contribution in [0.4, 0.5) is 8.78 Å².